The maximum absolute atomic E-state index is 14.8. The first-order chi connectivity index (χ1) is 18.6. The van der Waals surface area contributed by atoms with Crippen molar-refractivity contribution in [1.29, 1.82) is 0 Å². The van der Waals surface area contributed by atoms with Crippen LogP contribution in [0.3, 0.4) is 0 Å². The summed E-state index contributed by atoms with van der Waals surface area (Å²) in [6.45, 7) is 2.98. The molecule has 1 aliphatic rings. The van der Waals surface area contributed by atoms with Crippen LogP contribution in [0.1, 0.15) is 48.9 Å². The molecule has 1 aliphatic heterocycles. The number of anilines is 1. The van der Waals surface area contributed by atoms with Crippen molar-refractivity contribution < 1.29 is 27.4 Å². The van der Waals surface area contributed by atoms with E-state index in [1.165, 1.54) is 25.6 Å². The highest BCUT2D eigenvalue weighted by Crippen LogP contribution is 2.42. The fourth-order valence-corrected chi connectivity index (χ4v) is 4.99. The van der Waals surface area contributed by atoms with Gasteiger partial charge in [0.15, 0.2) is 5.65 Å². The summed E-state index contributed by atoms with van der Waals surface area (Å²) in [5.41, 5.74) is -0.329. The number of fused-ring (bicyclic) bond motifs is 1. The Hall–Kier alpha value is -3.51. The summed E-state index contributed by atoms with van der Waals surface area (Å²) in [6, 6.07) is 5.08. The van der Waals surface area contributed by atoms with E-state index in [4.69, 9.17) is 9.47 Å². The molecule has 2 aromatic heterocycles. The first kappa shape index (κ1) is 28.5. The lowest BCUT2D eigenvalue weighted by Crippen LogP contribution is -2.48. The number of piperidine rings is 1. The molecule has 3 aromatic rings. The molecule has 210 valence electrons. The van der Waals surface area contributed by atoms with Gasteiger partial charge in [0.05, 0.1) is 30.6 Å². The van der Waals surface area contributed by atoms with Crippen molar-refractivity contribution in [3.63, 3.8) is 0 Å². The molecule has 1 aromatic carbocycles. The standard InChI is InChI=1S/C27H33F3N6O3/c1-16(17-7-6-8-18(22(17)28)23(29)30)33-24-19-13-20(26(38-4)34-25(19)32-15-31-24)27(39-5)9-11-36(12-10-27)21(37)14-35(2)3/h6-8,13,15-16,23H,9-12,14H2,1-5H3,(H,31,32,33,34)/t16-/m1/s1. The van der Waals surface area contributed by atoms with Crippen LogP contribution in [0.2, 0.25) is 0 Å². The molecule has 3 heterocycles. The molecule has 1 fully saturated rings. The molecule has 0 spiro atoms. The molecule has 0 saturated carbocycles. The number of methoxy groups -OCH3 is 2. The minimum atomic E-state index is -2.92. The number of carbonyl (C=O) groups is 1. The van der Waals surface area contributed by atoms with E-state index in [0.29, 0.717) is 60.8 Å². The topological polar surface area (TPSA) is 92.7 Å². The zero-order chi connectivity index (χ0) is 28.3. The third-order valence-electron chi connectivity index (χ3n) is 7.15. The number of halogens is 3. The average molecular weight is 547 g/mol. The van der Waals surface area contributed by atoms with Gasteiger partial charge in [-0.15, -0.1) is 0 Å². The number of amides is 1. The summed E-state index contributed by atoms with van der Waals surface area (Å²) >= 11 is 0. The molecule has 39 heavy (non-hydrogen) atoms. The number of benzene rings is 1. The van der Waals surface area contributed by atoms with Gasteiger partial charge in [0.1, 0.15) is 23.6 Å². The lowest BCUT2D eigenvalue weighted by Gasteiger charge is -2.41. The third kappa shape index (κ3) is 5.76. The Bertz CT molecular complexity index is 1330. The van der Waals surface area contributed by atoms with Gasteiger partial charge in [-0.2, -0.15) is 4.98 Å². The van der Waals surface area contributed by atoms with Gasteiger partial charge in [-0.3, -0.25) is 4.79 Å². The van der Waals surface area contributed by atoms with E-state index in [1.807, 2.05) is 30.0 Å². The summed E-state index contributed by atoms with van der Waals surface area (Å²) < 4.78 is 53.0. The maximum atomic E-state index is 14.8. The van der Waals surface area contributed by atoms with Gasteiger partial charge in [-0.1, -0.05) is 18.2 Å². The van der Waals surface area contributed by atoms with Crippen molar-refractivity contribution >= 4 is 22.8 Å². The SMILES string of the molecule is COc1nc2ncnc(N[C@H](C)c3cccc(C(F)F)c3F)c2cc1C1(OC)CCN(C(=O)CN(C)C)CC1. The quantitative estimate of drug-likeness (QED) is 0.425. The summed E-state index contributed by atoms with van der Waals surface area (Å²) in [6.07, 6.45) is -0.572. The number of hydrogen-bond acceptors (Lipinski definition) is 8. The minimum absolute atomic E-state index is 0.0466. The number of likely N-dealkylation sites (N-methyl/N-ethyl adjacent to an activating group) is 1. The van der Waals surface area contributed by atoms with Crippen LogP contribution in [0.4, 0.5) is 19.0 Å². The molecule has 0 radical (unpaired) electrons. The highest BCUT2D eigenvalue weighted by Gasteiger charge is 2.40. The smallest absolute Gasteiger partial charge is 0.266 e. The number of alkyl halides is 2. The molecule has 0 bridgehead atoms. The Labute approximate surface area is 225 Å². The van der Waals surface area contributed by atoms with Crippen LogP contribution in [0.15, 0.2) is 30.6 Å². The number of rotatable bonds is 9. The highest BCUT2D eigenvalue weighted by atomic mass is 19.3. The Morgan fingerprint density at radius 2 is 1.87 bits per heavy atom. The minimum Gasteiger partial charge on any atom is -0.481 e. The van der Waals surface area contributed by atoms with Crippen molar-refractivity contribution in [3.05, 3.63) is 53.1 Å². The number of pyridine rings is 1. The number of hydrogen-bond donors (Lipinski definition) is 1. The van der Waals surface area contributed by atoms with E-state index < -0.39 is 29.4 Å². The van der Waals surface area contributed by atoms with Gasteiger partial charge in [0.2, 0.25) is 11.8 Å². The van der Waals surface area contributed by atoms with E-state index in [0.717, 1.165) is 6.07 Å². The zero-order valence-electron chi connectivity index (χ0n) is 22.7. The lowest BCUT2D eigenvalue weighted by molar-refractivity contribution is -0.138. The van der Waals surface area contributed by atoms with Gasteiger partial charge in [-0.25, -0.2) is 23.1 Å². The normalized spacial score (nSPS) is 16.1. The lowest BCUT2D eigenvalue weighted by atomic mass is 9.84. The van der Waals surface area contributed by atoms with E-state index in [2.05, 4.69) is 20.3 Å². The van der Waals surface area contributed by atoms with Crippen LogP contribution in [-0.2, 0) is 15.1 Å². The first-order valence-corrected chi connectivity index (χ1v) is 12.6. The number of likely N-dealkylation sites (tertiary alicyclic amines) is 1. The zero-order valence-corrected chi connectivity index (χ0v) is 22.7. The Morgan fingerprint density at radius 1 is 1.18 bits per heavy atom. The van der Waals surface area contributed by atoms with Crippen molar-refractivity contribution in [3.8, 4) is 5.88 Å². The number of nitrogens with zero attached hydrogens (tertiary/aromatic N) is 5. The van der Waals surface area contributed by atoms with Crippen molar-refractivity contribution in [2.75, 3.05) is 53.3 Å². The largest absolute Gasteiger partial charge is 0.481 e. The highest BCUT2D eigenvalue weighted by molar-refractivity contribution is 5.87. The molecule has 0 unspecified atom stereocenters. The Balaban J connectivity index is 1.69. The van der Waals surface area contributed by atoms with Crippen LogP contribution < -0.4 is 10.1 Å². The fourth-order valence-electron chi connectivity index (χ4n) is 4.99. The van der Waals surface area contributed by atoms with E-state index >= 15 is 0 Å². The monoisotopic (exact) mass is 546 g/mol. The second kappa shape index (κ2) is 11.7. The summed E-state index contributed by atoms with van der Waals surface area (Å²) in [5.74, 6) is -0.216. The Morgan fingerprint density at radius 3 is 2.49 bits per heavy atom. The molecule has 4 rings (SSSR count). The molecule has 1 N–H and O–H groups in total. The maximum Gasteiger partial charge on any atom is 0.266 e. The molecule has 0 aliphatic carbocycles. The third-order valence-corrected chi connectivity index (χ3v) is 7.15. The van der Waals surface area contributed by atoms with Crippen LogP contribution >= 0.6 is 0 Å². The van der Waals surface area contributed by atoms with Crippen LogP contribution in [0, 0.1) is 5.82 Å². The number of aromatic nitrogens is 3. The first-order valence-electron chi connectivity index (χ1n) is 12.6. The van der Waals surface area contributed by atoms with Gasteiger partial charge in [-0.05, 0) is 39.9 Å². The van der Waals surface area contributed by atoms with E-state index in [1.54, 1.807) is 14.0 Å². The van der Waals surface area contributed by atoms with Crippen molar-refractivity contribution in [2.24, 2.45) is 0 Å². The van der Waals surface area contributed by atoms with Gasteiger partial charge in [0.25, 0.3) is 6.43 Å². The van der Waals surface area contributed by atoms with Crippen LogP contribution in [0.25, 0.3) is 11.0 Å². The average Bonchev–Trinajstić information content (AvgIpc) is 2.92. The number of ether oxygens (including phenoxy) is 2. The van der Waals surface area contributed by atoms with Gasteiger partial charge in [0, 0.05) is 31.3 Å². The van der Waals surface area contributed by atoms with E-state index in [9.17, 15) is 18.0 Å². The van der Waals surface area contributed by atoms with Gasteiger partial charge >= 0.3 is 0 Å². The van der Waals surface area contributed by atoms with E-state index in [-0.39, 0.29) is 11.5 Å². The predicted octanol–water partition coefficient (Wildman–Crippen LogP) is 4.31. The van der Waals surface area contributed by atoms with Crippen LogP contribution in [0.5, 0.6) is 5.88 Å². The molecular formula is C27H33F3N6O3. The van der Waals surface area contributed by atoms with Crippen molar-refractivity contribution in [2.45, 2.75) is 37.8 Å². The number of carbonyl (C=O) groups excluding carboxylic acids is 1. The molecule has 12 heteroatoms. The summed E-state index contributed by atoms with van der Waals surface area (Å²) in [7, 11) is 6.83. The molecule has 1 atom stereocenters. The molecular weight excluding hydrogens is 513 g/mol. The fraction of sp³-hybridized carbons (Fsp3) is 0.481. The van der Waals surface area contributed by atoms with Crippen LogP contribution in [-0.4, -0.2) is 78.6 Å². The Kier molecular flexibility index (Phi) is 8.55. The van der Waals surface area contributed by atoms with Crippen molar-refractivity contribution in [1.82, 2.24) is 24.8 Å². The van der Waals surface area contributed by atoms with Gasteiger partial charge < -0.3 is 24.6 Å². The second-order valence-corrected chi connectivity index (χ2v) is 9.87. The molecule has 1 saturated heterocycles. The number of nitrogens with one attached hydrogen (secondary N) is 1. The summed E-state index contributed by atoms with van der Waals surface area (Å²) in [5, 5.41) is 3.67. The molecule has 9 nitrogen and oxygen atoms in total. The second-order valence-electron chi connectivity index (χ2n) is 9.87. The summed E-state index contributed by atoms with van der Waals surface area (Å²) in [4.78, 5) is 29.5. The molecule has 1 amide bonds. The predicted molar refractivity (Wildman–Crippen MR) is 140 cm³/mol.